The summed E-state index contributed by atoms with van der Waals surface area (Å²) >= 11 is 0. The largest absolute Gasteiger partial charge is 0.450 e. The van der Waals surface area contributed by atoms with Gasteiger partial charge in [0, 0.05) is 6.42 Å². The molecule has 6 nitrogen and oxygen atoms in total. The fourth-order valence-corrected chi connectivity index (χ4v) is 2.17. The Labute approximate surface area is 151 Å². The molecular weight excluding hydrogens is 337 g/mol. The van der Waals surface area contributed by atoms with E-state index in [9.17, 15) is 14.0 Å². The predicted octanol–water partition coefficient (Wildman–Crippen LogP) is 2.63. The minimum absolute atomic E-state index is 0.203. The number of amides is 2. The van der Waals surface area contributed by atoms with Crippen LogP contribution in [0, 0.1) is 5.82 Å². The molecule has 0 bridgehead atoms. The third-order valence-electron chi connectivity index (χ3n) is 3.43. The molecule has 0 aromatic heterocycles. The van der Waals surface area contributed by atoms with E-state index in [0.717, 1.165) is 5.56 Å². The molecule has 0 aliphatic heterocycles. The average Bonchev–Trinajstić information content (AvgIpc) is 2.64. The highest BCUT2D eigenvalue weighted by atomic mass is 19.1. The lowest BCUT2D eigenvalue weighted by Gasteiger charge is -2.16. The molecule has 2 amide bonds. The minimum atomic E-state index is -0.846. The molecule has 0 radical (unpaired) electrons. The number of carbonyl (C=O) groups excluding carboxylic acids is 2. The quantitative estimate of drug-likeness (QED) is 0.590. The van der Waals surface area contributed by atoms with E-state index in [2.05, 4.69) is 15.8 Å². The molecule has 136 valence electrons. The topological polar surface area (TPSA) is 79.8 Å². The summed E-state index contributed by atoms with van der Waals surface area (Å²) in [4.78, 5) is 24.1. The number of hydrogen-bond donors (Lipinski definition) is 2. The number of rotatable bonds is 7. The summed E-state index contributed by atoms with van der Waals surface area (Å²) < 4.78 is 17.7. The maximum Gasteiger partial charge on any atom is 0.407 e. The second kappa shape index (κ2) is 9.93. The van der Waals surface area contributed by atoms with Crippen molar-refractivity contribution in [1.29, 1.82) is 0 Å². The highest BCUT2D eigenvalue weighted by Crippen LogP contribution is 2.04. The van der Waals surface area contributed by atoms with Crippen LogP contribution in [0.15, 0.2) is 59.7 Å². The van der Waals surface area contributed by atoms with Crippen LogP contribution in [-0.4, -0.2) is 30.9 Å². The molecule has 0 unspecified atom stereocenters. The molecule has 0 saturated heterocycles. The number of carbonyl (C=O) groups is 2. The van der Waals surface area contributed by atoms with E-state index in [-0.39, 0.29) is 18.8 Å². The van der Waals surface area contributed by atoms with Gasteiger partial charge in [-0.3, -0.25) is 4.79 Å². The van der Waals surface area contributed by atoms with E-state index in [0.29, 0.717) is 5.56 Å². The fourth-order valence-electron chi connectivity index (χ4n) is 2.17. The Bertz CT molecular complexity index is 748. The molecule has 0 fully saturated rings. The van der Waals surface area contributed by atoms with Crippen molar-refractivity contribution in [3.8, 4) is 0 Å². The molecule has 2 aromatic rings. The molecule has 1 atom stereocenters. The van der Waals surface area contributed by atoms with E-state index in [1.165, 1.54) is 30.5 Å². The number of nitrogens with one attached hydrogen (secondary N) is 2. The third kappa shape index (κ3) is 6.35. The lowest BCUT2D eigenvalue weighted by molar-refractivity contribution is -0.123. The van der Waals surface area contributed by atoms with Crippen LogP contribution in [0.1, 0.15) is 18.1 Å². The Balaban J connectivity index is 2.01. The van der Waals surface area contributed by atoms with Crippen molar-refractivity contribution in [2.45, 2.75) is 19.4 Å². The zero-order chi connectivity index (χ0) is 18.8. The van der Waals surface area contributed by atoms with Crippen LogP contribution < -0.4 is 10.7 Å². The zero-order valence-electron chi connectivity index (χ0n) is 14.3. The number of halogens is 1. The lowest BCUT2D eigenvalue weighted by atomic mass is 10.1. The fraction of sp³-hybridized carbons (Fsp3) is 0.211. The van der Waals surface area contributed by atoms with E-state index in [1.807, 2.05) is 30.3 Å². The summed E-state index contributed by atoms with van der Waals surface area (Å²) in [6, 6.07) is 14.1. The number of hydrazone groups is 1. The molecule has 26 heavy (non-hydrogen) atoms. The van der Waals surface area contributed by atoms with Crippen LogP contribution in [0.5, 0.6) is 0 Å². The van der Waals surface area contributed by atoms with Crippen molar-refractivity contribution < 1.29 is 18.7 Å². The van der Waals surface area contributed by atoms with Gasteiger partial charge in [0.15, 0.2) is 0 Å². The SMILES string of the molecule is CCOC(=O)N[C@@H](Cc1ccccc1)C(=O)N/N=C\c1ccc(F)cc1. The van der Waals surface area contributed by atoms with Crippen molar-refractivity contribution in [2.24, 2.45) is 5.10 Å². The van der Waals surface area contributed by atoms with Crippen LogP contribution in [-0.2, 0) is 16.0 Å². The number of ether oxygens (including phenoxy) is 1. The Morgan fingerprint density at radius 1 is 1.15 bits per heavy atom. The summed E-state index contributed by atoms with van der Waals surface area (Å²) in [7, 11) is 0. The van der Waals surface area contributed by atoms with Gasteiger partial charge in [0.1, 0.15) is 11.9 Å². The van der Waals surface area contributed by atoms with E-state index in [4.69, 9.17) is 4.74 Å². The van der Waals surface area contributed by atoms with E-state index in [1.54, 1.807) is 6.92 Å². The van der Waals surface area contributed by atoms with Crippen molar-refractivity contribution in [3.05, 3.63) is 71.5 Å². The standard InChI is InChI=1S/C19H20FN3O3/c1-2-26-19(25)22-17(12-14-6-4-3-5-7-14)18(24)23-21-13-15-8-10-16(20)11-9-15/h3-11,13,17H,2,12H2,1H3,(H,22,25)(H,23,24)/b21-13-/t17-/m0/s1. The maximum atomic E-state index is 12.9. The van der Waals surface area contributed by atoms with Crippen molar-refractivity contribution >= 4 is 18.2 Å². The van der Waals surface area contributed by atoms with Gasteiger partial charge in [-0.05, 0) is 30.2 Å². The first-order valence-corrected chi connectivity index (χ1v) is 8.14. The maximum absolute atomic E-state index is 12.9. The van der Waals surface area contributed by atoms with Crippen molar-refractivity contribution in [1.82, 2.24) is 10.7 Å². The van der Waals surface area contributed by atoms with Gasteiger partial charge in [-0.25, -0.2) is 14.6 Å². The summed E-state index contributed by atoms with van der Waals surface area (Å²) in [6.45, 7) is 1.88. The van der Waals surface area contributed by atoms with Crippen LogP contribution in [0.4, 0.5) is 9.18 Å². The number of nitrogens with zero attached hydrogens (tertiary/aromatic N) is 1. The molecule has 0 spiro atoms. The van der Waals surface area contributed by atoms with Crippen LogP contribution in [0.2, 0.25) is 0 Å². The Hall–Kier alpha value is -3.22. The smallest absolute Gasteiger partial charge is 0.407 e. The van der Waals surface area contributed by atoms with Gasteiger partial charge in [0.25, 0.3) is 5.91 Å². The average molecular weight is 357 g/mol. The van der Waals surface area contributed by atoms with Crippen molar-refractivity contribution in [3.63, 3.8) is 0 Å². The van der Waals surface area contributed by atoms with Crippen LogP contribution in [0.3, 0.4) is 0 Å². The molecule has 2 N–H and O–H groups in total. The van der Waals surface area contributed by atoms with Gasteiger partial charge in [-0.15, -0.1) is 0 Å². The second-order valence-electron chi connectivity index (χ2n) is 5.39. The first-order valence-electron chi connectivity index (χ1n) is 8.14. The van der Waals surface area contributed by atoms with Gasteiger partial charge in [0.2, 0.25) is 0 Å². The summed E-state index contributed by atoms with van der Waals surface area (Å²) in [5, 5.41) is 6.37. The number of hydrogen-bond acceptors (Lipinski definition) is 4. The summed E-state index contributed by atoms with van der Waals surface area (Å²) in [5.41, 5.74) is 3.89. The molecule has 2 rings (SSSR count). The Morgan fingerprint density at radius 3 is 2.50 bits per heavy atom. The molecule has 2 aromatic carbocycles. The number of benzene rings is 2. The molecule has 0 aliphatic carbocycles. The zero-order valence-corrected chi connectivity index (χ0v) is 14.3. The van der Waals surface area contributed by atoms with Gasteiger partial charge >= 0.3 is 6.09 Å². The minimum Gasteiger partial charge on any atom is -0.450 e. The first kappa shape index (κ1) is 19.1. The number of alkyl carbamates (subject to hydrolysis) is 1. The summed E-state index contributed by atoms with van der Waals surface area (Å²) in [5.74, 6) is -0.840. The van der Waals surface area contributed by atoms with E-state index < -0.39 is 18.0 Å². The highest BCUT2D eigenvalue weighted by molar-refractivity contribution is 5.87. The predicted molar refractivity (Wildman–Crippen MR) is 96.2 cm³/mol. The van der Waals surface area contributed by atoms with E-state index >= 15 is 0 Å². The van der Waals surface area contributed by atoms with Gasteiger partial charge in [-0.2, -0.15) is 5.10 Å². The normalized spacial score (nSPS) is 11.8. The molecule has 0 aliphatic rings. The van der Waals surface area contributed by atoms with Crippen LogP contribution in [0.25, 0.3) is 0 Å². The third-order valence-corrected chi connectivity index (χ3v) is 3.43. The highest BCUT2D eigenvalue weighted by Gasteiger charge is 2.21. The molecule has 0 heterocycles. The van der Waals surface area contributed by atoms with Gasteiger partial charge < -0.3 is 10.1 Å². The monoisotopic (exact) mass is 357 g/mol. The first-order chi connectivity index (χ1) is 12.6. The Morgan fingerprint density at radius 2 is 1.85 bits per heavy atom. The van der Waals surface area contributed by atoms with Gasteiger partial charge in [-0.1, -0.05) is 42.5 Å². The van der Waals surface area contributed by atoms with Gasteiger partial charge in [0.05, 0.1) is 12.8 Å². The van der Waals surface area contributed by atoms with Crippen LogP contribution >= 0.6 is 0 Å². The molecule has 7 heteroatoms. The van der Waals surface area contributed by atoms with Crippen molar-refractivity contribution in [2.75, 3.05) is 6.61 Å². The molecule has 0 saturated carbocycles. The second-order valence-corrected chi connectivity index (χ2v) is 5.39. The Kier molecular flexibility index (Phi) is 7.30. The summed E-state index contributed by atoms with van der Waals surface area (Å²) in [6.07, 6.45) is 1.00. The molecular formula is C19H20FN3O3. The lowest BCUT2D eigenvalue weighted by Crippen LogP contribution is -2.47.